The Morgan fingerprint density at radius 1 is 1.39 bits per heavy atom. The molecule has 2 amide bonds. The molecule has 96 valence electrons. The summed E-state index contributed by atoms with van der Waals surface area (Å²) in [6.07, 6.45) is 1.83. The van der Waals surface area contributed by atoms with Gasteiger partial charge in [0.1, 0.15) is 11.5 Å². The van der Waals surface area contributed by atoms with Crippen LogP contribution in [-0.2, 0) is 0 Å². The zero-order valence-electron chi connectivity index (χ0n) is 9.56. The maximum absolute atomic E-state index is 13.1. The molecule has 18 heavy (non-hydrogen) atoms. The minimum absolute atomic E-state index is 0.114. The van der Waals surface area contributed by atoms with Gasteiger partial charge in [0, 0.05) is 25.2 Å². The Balaban J connectivity index is 2.19. The lowest BCUT2D eigenvalue weighted by Gasteiger charge is -2.16. The summed E-state index contributed by atoms with van der Waals surface area (Å²) in [5, 5.41) is 13.1. The highest BCUT2D eigenvalue weighted by molar-refractivity contribution is 5.91. The van der Waals surface area contributed by atoms with Gasteiger partial charge in [-0.2, -0.15) is 0 Å². The van der Waals surface area contributed by atoms with Crippen LogP contribution in [0.4, 0.5) is 20.6 Å². The van der Waals surface area contributed by atoms with Crippen LogP contribution in [0.5, 0.6) is 0 Å². The zero-order chi connectivity index (χ0) is 13.1. The molecule has 0 atom stereocenters. The van der Waals surface area contributed by atoms with Crippen molar-refractivity contribution in [2.75, 3.05) is 18.4 Å². The number of nitro benzene ring substituents is 1. The van der Waals surface area contributed by atoms with E-state index in [1.54, 1.807) is 4.90 Å². The van der Waals surface area contributed by atoms with Crippen LogP contribution in [0.15, 0.2) is 18.2 Å². The Morgan fingerprint density at radius 2 is 2.06 bits per heavy atom. The molecular weight excluding hydrogens is 241 g/mol. The van der Waals surface area contributed by atoms with Crippen molar-refractivity contribution in [2.45, 2.75) is 12.8 Å². The van der Waals surface area contributed by atoms with Crippen LogP contribution in [0.2, 0.25) is 0 Å². The molecule has 1 aromatic rings. The second-order valence-corrected chi connectivity index (χ2v) is 4.04. The van der Waals surface area contributed by atoms with E-state index in [-0.39, 0.29) is 11.4 Å². The Bertz CT molecular complexity index is 486. The average Bonchev–Trinajstić information content (AvgIpc) is 2.81. The molecule has 0 aliphatic carbocycles. The normalized spacial score (nSPS) is 14.6. The number of hydrogen-bond acceptors (Lipinski definition) is 3. The largest absolute Gasteiger partial charge is 0.325 e. The van der Waals surface area contributed by atoms with E-state index >= 15 is 0 Å². The number of hydrogen-bond donors (Lipinski definition) is 1. The maximum Gasteiger partial charge on any atom is 0.322 e. The summed E-state index contributed by atoms with van der Waals surface area (Å²) in [5.41, 5.74) is -0.430. The van der Waals surface area contributed by atoms with E-state index < -0.39 is 16.8 Å². The molecule has 6 nitrogen and oxygen atoms in total. The van der Waals surface area contributed by atoms with E-state index in [2.05, 4.69) is 5.32 Å². The van der Waals surface area contributed by atoms with Crippen LogP contribution < -0.4 is 5.32 Å². The fraction of sp³-hybridized carbons (Fsp3) is 0.364. The lowest BCUT2D eigenvalue weighted by Crippen LogP contribution is -2.32. The van der Waals surface area contributed by atoms with E-state index in [1.165, 1.54) is 0 Å². The van der Waals surface area contributed by atoms with Crippen LogP contribution in [-0.4, -0.2) is 28.9 Å². The minimum Gasteiger partial charge on any atom is -0.325 e. The zero-order valence-corrected chi connectivity index (χ0v) is 9.56. The van der Waals surface area contributed by atoms with Gasteiger partial charge in [-0.05, 0) is 18.9 Å². The van der Waals surface area contributed by atoms with Crippen molar-refractivity contribution in [2.24, 2.45) is 0 Å². The molecular formula is C11H12FN3O3. The van der Waals surface area contributed by atoms with Gasteiger partial charge in [0.15, 0.2) is 0 Å². The Hall–Kier alpha value is -2.18. The summed E-state index contributed by atoms with van der Waals surface area (Å²) in [5.74, 6) is -0.627. The van der Waals surface area contributed by atoms with Crippen molar-refractivity contribution >= 4 is 17.4 Å². The molecule has 1 heterocycles. The number of nitro groups is 1. The van der Waals surface area contributed by atoms with Crippen LogP contribution in [0.1, 0.15) is 12.8 Å². The number of nitrogens with one attached hydrogen (secondary N) is 1. The summed E-state index contributed by atoms with van der Waals surface area (Å²) in [6, 6.07) is 2.55. The number of urea groups is 1. The fourth-order valence-electron chi connectivity index (χ4n) is 1.88. The van der Waals surface area contributed by atoms with Crippen molar-refractivity contribution in [3.05, 3.63) is 34.1 Å². The molecule has 1 aliphatic heterocycles. The van der Waals surface area contributed by atoms with Crippen LogP contribution >= 0.6 is 0 Å². The molecule has 1 N–H and O–H groups in total. The quantitative estimate of drug-likeness (QED) is 0.649. The molecule has 0 spiro atoms. The molecule has 0 radical (unpaired) electrons. The maximum atomic E-state index is 13.1. The third-order valence-electron chi connectivity index (χ3n) is 2.79. The van der Waals surface area contributed by atoms with Crippen molar-refractivity contribution in [3.63, 3.8) is 0 Å². The number of carbonyl (C=O) groups excluding carboxylic acids is 1. The number of carbonyl (C=O) groups is 1. The predicted octanol–water partition coefficient (Wildman–Crippen LogP) is 2.36. The van der Waals surface area contributed by atoms with Crippen LogP contribution in [0, 0.1) is 15.9 Å². The first-order valence-corrected chi connectivity index (χ1v) is 5.58. The Labute approximate surface area is 103 Å². The highest BCUT2D eigenvalue weighted by Gasteiger charge is 2.21. The van der Waals surface area contributed by atoms with Crippen LogP contribution in [0.25, 0.3) is 0 Å². The summed E-state index contributed by atoms with van der Waals surface area (Å²) in [4.78, 5) is 23.4. The van der Waals surface area contributed by atoms with Gasteiger partial charge in [-0.1, -0.05) is 0 Å². The monoisotopic (exact) mass is 253 g/mol. The van der Waals surface area contributed by atoms with E-state index in [1.807, 2.05) is 0 Å². The Morgan fingerprint density at radius 3 is 2.67 bits per heavy atom. The average molecular weight is 253 g/mol. The van der Waals surface area contributed by atoms with Gasteiger partial charge in [-0.15, -0.1) is 0 Å². The lowest BCUT2D eigenvalue weighted by atomic mass is 10.2. The molecule has 1 aromatic carbocycles. The van der Waals surface area contributed by atoms with Crippen molar-refractivity contribution in [1.82, 2.24) is 4.90 Å². The number of rotatable bonds is 2. The topological polar surface area (TPSA) is 75.5 Å². The Kier molecular flexibility index (Phi) is 3.40. The molecule has 0 bridgehead atoms. The molecule has 7 heteroatoms. The molecule has 0 aromatic heterocycles. The molecule has 0 saturated carbocycles. The second-order valence-electron chi connectivity index (χ2n) is 4.04. The molecule has 1 aliphatic rings. The number of anilines is 1. The predicted molar refractivity (Wildman–Crippen MR) is 62.9 cm³/mol. The lowest BCUT2D eigenvalue weighted by molar-refractivity contribution is -0.384. The number of halogens is 1. The number of amides is 2. The van der Waals surface area contributed by atoms with E-state index in [9.17, 15) is 19.3 Å². The summed E-state index contributed by atoms with van der Waals surface area (Å²) < 4.78 is 13.1. The summed E-state index contributed by atoms with van der Waals surface area (Å²) in [6.45, 7) is 1.24. The SMILES string of the molecule is O=C(Nc1cc(F)ccc1[N+](=O)[O-])N1CCCC1. The molecule has 1 saturated heterocycles. The van der Waals surface area contributed by atoms with Crippen LogP contribution in [0.3, 0.4) is 0 Å². The molecule has 1 fully saturated rings. The van der Waals surface area contributed by atoms with E-state index in [4.69, 9.17) is 0 Å². The van der Waals surface area contributed by atoms with Crippen molar-refractivity contribution in [3.8, 4) is 0 Å². The number of nitrogens with zero attached hydrogens (tertiary/aromatic N) is 2. The number of likely N-dealkylation sites (tertiary alicyclic amines) is 1. The highest BCUT2D eigenvalue weighted by atomic mass is 19.1. The molecule has 0 unspecified atom stereocenters. The second kappa shape index (κ2) is 4.99. The summed E-state index contributed by atoms with van der Waals surface area (Å²) >= 11 is 0. The third kappa shape index (κ3) is 2.55. The number of benzene rings is 1. The van der Waals surface area contributed by atoms with Gasteiger partial charge in [0.2, 0.25) is 0 Å². The van der Waals surface area contributed by atoms with Crippen molar-refractivity contribution in [1.29, 1.82) is 0 Å². The first-order chi connectivity index (χ1) is 8.58. The van der Waals surface area contributed by atoms with Gasteiger partial charge < -0.3 is 10.2 Å². The fourth-order valence-corrected chi connectivity index (χ4v) is 1.88. The van der Waals surface area contributed by atoms with Gasteiger partial charge in [-0.3, -0.25) is 10.1 Å². The van der Waals surface area contributed by atoms with Gasteiger partial charge >= 0.3 is 6.03 Å². The minimum atomic E-state index is -0.654. The van der Waals surface area contributed by atoms with E-state index in [0.29, 0.717) is 13.1 Å². The van der Waals surface area contributed by atoms with Gasteiger partial charge in [-0.25, -0.2) is 9.18 Å². The van der Waals surface area contributed by atoms with Gasteiger partial charge in [0.25, 0.3) is 5.69 Å². The highest BCUT2D eigenvalue weighted by Crippen LogP contribution is 2.25. The summed E-state index contributed by atoms with van der Waals surface area (Å²) in [7, 11) is 0. The first-order valence-electron chi connectivity index (χ1n) is 5.58. The smallest absolute Gasteiger partial charge is 0.322 e. The van der Waals surface area contributed by atoms with Gasteiger partial charge in [0.05, 0.1) is 4.92 Å². The standard InChI is InChI=1S/C11H12FN3O3/c12-8-3-4-10(15(17)18)9(7-8)13-11(16)14-5-1-2-6-14/h3-4,7H,1-2,5-6H2,(H,13,16). The third-order valence-corrected chi connectivity index (χ3v) is 2.79. The molecule has 2 rings (SSSR count). The van der Waals surface area contributed by atoms with E-state index in [0.717, 1.165) is 31.0 Å². The van der Waals surface area contributed by atoms with Crippen molar-refractivity contribution < 1.29 is 14.1 Å². The first kappa shape index (κ1) is 12.3.